The molecule has 0 saturated carbocycles. The minimum atomic E-state index is -0.187. The highest BCUT2D eigenvalue weighted by Gasteiger charge is 2.27. The second-order valence-electron chi connectivity index (χ2n) is 5.46. The van der Waals surface area contributed by atoms with E-state index in [0.29, 0.717) is 17.4 Å². The second-order valence-corrected chi connectivity index (χ2v) is 6.32. The van der Waals surface area contributed by atoms with E-state index in [4.69, 9.17) is 0 Å². The topological polar surface area (TPSA) is 83.1 Å². The maximum atomic E-state index is 12.0. The van der Waals surface area contributed by atoms with Gasteiger partial charge in [0.1, 0.15) is 5.69 Å². The minimum Gasteiger partial charge on any atom is -0.350 e. The molecular weight excluding hydrogens is 347 g/mol. The first kappa shape index (κ1) is 21.1. The number of carbonyl (C=O) groups is 2. The number of anilines is 1. The van der Waals surface area contributed by atoms with Crippen molar-refractivity contribution in [2.75, 3.05) is 25.0 Å². The fraction of sp³-hybridized carbons (Fsp3) is 0.615. The van der Waals surface area contributed by atoms with E-state index in [1.165, 1.54) is 18.3 Å². The van der Waals surface area contributed by atoms with E-state index in [2.05, 4.69) is 27.9 Å². The fourth-order valence-electron chi connectivity index (χ4n) is 2.18. The number of hydrogen-bond acceptors (Lipinski definition) is 5. The van der Waals surface area contributed by atoms with Crippen LogP contribution in [0.5, 0.6) is 0 Å². The monoisotopic (exact) mass is 368 g/mol. The summed E-state index contributed by atoms with van der Waals surface area (Å²) in [5.74, 6) is -0.369. The maximum absolute atomic E-state index is 12.0. The van der Waals surface area contributed by atoms with Crippen LogP contribution < -0.4 is 16.0 Å². The molecule has 1 saturated heterocycles. The molecule has 0 aromatic carbocycles. The quantitative estimate of drug-likeness (QED) is 0.759. The molecule has 2 heterocycles. The van der Waals surface area contributed by atoms with Crippen LogP contribution >= 0.6 is 36.2 Å². The van der Waals surface area contributed by atoms with Gasteiger partial charge in [-0.1, -0.05) is 6.92 Å². The van der Waals surface area contributed by atoms with E-state index in [-0.39, 0.29) is 42.0 Å². The molecule has 0 radical (unpaired) electrons. The smallest absolute Gasteiger partial charge is 0.270 e. The Labute approximate surface area is 146 Å². The lowest BCUT2D eigenvalue weighted by molar-refractivity contribution is -0.114. The standard InChI is InChI=1S/C13H20N4O2S.2ClH/c1-9(18)16-12-17-10(7-20-12)11(19)15-8-13(2)3-5-14-6-4-13;;/h7,14H,3-6,8H2,1-2H3,(H,15,19)(H,16,17,18);2*1H. The zero-order valence-corrected chi connectivity index (χ0v) is 15.1. The van der Waals surface area contributed by atoms with Gasteiger partial charge in [-0.05, 0) is 31.3 Å². The van der Waals surface area contributed by atoms with E-state index in [1.807, 2.05) is 0 Å². The third kappa shape index (κ3) is 6.08. The number of piperidine rings is 1. The Kier molecular flexibility index (Phi) is 8.92. The molecule has 2 rings (SSSR count). The molecule has 9 heteroatoms. The maximum Gasteiger partial charge on any atom is 0.270 e. The van der Waals surface area contributed by atoms with Crippen LogP contribution in [0.3, 0.4) is 0 Å². The molecule has 1 aliphatic heterocycles. The Morgan fingerprint density at radius 2 is 2.00 bits per heavy atom. The number of aromatic nitrogens is 1. The van der Waals surface area contributed by atoms with E-state index in [1.54, 1.807) is 5.38 Å². The van der Waals surface area contributed by atoms with Crippen LogP contribution in [0.15, 0.2) is 5.38 Å². The molecule has 1 aromatic heterocycles. The second kappa shape index (κ2) is 9.29. The Hall–Kier alpha value is -0.890. The fourth-order valence-corrected chi connectivity index (χ4v) is 2.91. The molecule has 0 spiro atoms. The van der Waals surface area contributed by atoms with Crippen LogP contribution in [-0.2, 0) is 4.79 Å². The number of carbonyl (C=O) groups excluding carboxylic acids is 2. The highest BCUT2D eigenvalue weighted by Crippen LogP contribution is 2.26. The average Bonchev–Trinajstić information content (AvgIpc) is 2.85. The Morgan fingerprint density at radius 1 is 1.36 bits per heavy atom. The molecule has 0 aliphatic carbocycles. The molecule has 3 N–H and O–H groups in total. The van der Waals surface area contributed by atoms with E-state index in [9.17, 15) is 9.59 Å². The molecule has 126 valence electrons. The largest absolute Gasteiger partial charge is 0.350 e. The number of nitrogens with one attached hydrogen (secondary N) is 3. The number of nitrogens with zero attached hydrogens (tertiary/aromatic N) is 1. The molecule has 1 aromatic rings. The first-order valence-electron chi connectivity index (χ1n) is 6.71. The molecule has 0 atom stereocenters. The van der Waals surface area contributed by atoms with Crippen LogP contribution in [0.4, 0.5) is 5.13 Å². The molecule has 2 amide bonds. The van der Waals surface area contributed by atoms with Crippen molar-refractivity contribution >= 4 is 53.1 Å². The first-order chi connectivity index (χ1) is 9.48. The Morgan fingerprint density at radius 3 is 2.59 bits per heavy atom. The van der Waals surface area contributed by atoms with Gasteiger partial charge in [-0.15, -0.1) is 36.2 Å². The summed E-state index contributed by atoms with van der Waals surface area (Å²) in [6, 6.07) is 0. The predicted molar refractivity (Wildman–Crippen MR) is 93.5 cm³/mol. The summed E-state index contributed by atoms with van der Waals surface area (Å²) in [7, 11) is 0. The van der Waals surface area contributed by atoms with Gasteiger partial charge in [0.05, 0.1) is 0 Å². The van der Waals surface area contributed by atoms with Crippen molar-refractivity contribution in [1.82, 2.24) is 15.6 Å². The molecule has 22 heavy (non-hydrogen) atoms. The van der Waals surface area contributed by atoms with Gasteiger partial charge in [-0.25, -0.2) is 4.98 Å². The van der Waals surface area contributed by atoms with Crippen LogP contribution in [-0.4, -0.2) is 36.4 Å². The van der Waals surface area contributed by atoms with Crippen molar-refractivity contribution < 1.29 is 9.59 Å². The van der Waals surface area contributed by atoms with Crippen molar-refractivity contribution in [3.05, 3.63) is 11.1 Å². The summed E-state index contributed by atoms with van der Waals surface area (Å²) in [5.41, 5.74) is 0.508. The summed E-state index contributed by atoms with van der Waals surface area (Å²) in [6.45, 7) is 6.25. The summed E-state index contributed by atoms with van der Waals surface area (Å²) in [5, 5.41) is 10.9. The van der Waals surface area contributed by atoms with Gasteiger partial charge < -0.3 is 16.0 Å². The molecule has 0 unspecified atom stereocenters. The highest BCUT2D eigenvalue weighted by molar-refractivity contribution is 7.14. The van der Waals surface area contributed by atoms with Gasteiger partial charge in [-0.2, -0.15) is 0 Å². The van der Waals surface area contributed by atoms with E-state index in [0.717, 1.165) is 25.9 Å². The Balaban J connectivity index is 0.00000220. The lowest BCUT2D eigenvalue weighted by Crippen LogP contribution is -2.42. The van der Waals surface area contributed by atoms with Gasteiger partial charge in [0.15, 0.2) is 5.13 Å². The van der Waals surface area contributed by atoms with Crippen molar-refractivity contribution in [2.24, 2.45) is 5.41 Å². The van der Waals surface area contributed by atoms with Crippen molar-refractivity contribution in [1.29, 1.82) is 0 Å². The summed E-state index contributed by atoms with van der Waals surface area (Å²) < 4.78 is 0. The van der Waals surface area contributed by atoms with E-state index < -0.39 is 0 Å². The summed E-state index contributed by atoms with van der Waals surface area (Å²) in [6.07, 6.45) is 2.11. The average molecular weight is 369 g/mol. The zero-order chi connectivity index (χ0) is 14.6. The molecule has 0 bridgehead atoms. The van der Waals surface area contributed by atoms with Crippen molar-refractivity contribution in [3.63, 3.8) is 0 Å². The van der Waals surface area contributed by atoms with Gasteiger partial charge in [0.25, 0.3) is 5.91 Å². The molecular formula is C13H22Cl2N4O2S. The third-order valence-electron chi connectivity index (χ3n) is 3.51. The summed E-state index contributed by atoms with van der Waals surface area (Å²) in [4.78, 5) is 27.0. The van der Waals surface area contributed by atoms with Gasteiger partial charge in [-0.3, -0.25) is 9.59 Å². The highest BCUT2D eigenvalue weighted by atomic mass is 35.5. The lowest BCUT2D eigenvalue weighted by atomic mass is 9.81. The van der Waals surface area contributed by atoms with Gasteiger partial charge in [0.2, 0.25) is 5.91 Å². The molecule has 1 aliphatic rings. The number of rotatable bonds is 4. The summed E-state index contributed by atoms with van der Waals surface area (Å²) >= 11 is 1.25. The number of halogens is 2. The lowest BCUT2D eigenvalue weighted by Gasteiger charge is -2.34. The van der Waals surface area contributed by atoms with Gasteiger partial charge in [0, 0.05) is 18.8 Å². The number of thiazole rings is 1. The van der Waals surface area contributed by atoms with Crippen LogP contribution in [0, 0.1) is 5.41 Å². The number of amides is 2. The first-order valence-corrected chi connectivity index (χ1v) is 7.58. The minimum absolute atomic E-state index is 0. The Bertz CT molecular complexity index is 504. The predicted octanol–water partition coefficient (Wildman–Crippen LogP) is 2.06. The normalized spacial score (nSPS) is 15.9. The SMILES string of the molecule is CC(=O)Nc1nc(C(=O)NCC2(C)CCNCC2)cs1.Cl.Cl. The van der Waals surface area contributed by atoms with Crippen molar-refractivity contribution in [2.45, 2.75) is 26.7 Å². The van der Waals surface area contributed by atoms with Crippen molar-refractivity contribution in [3.8, 4) is 0 Å². The molecule has 6 nitrogen and oxygen atoms in total. The van der Waals surface area contributed by atoms with Crippen LogP contribution in [0.2, 0.25) is 0 Å². The molecule has 1 fully saturated rings. The van der Waals surface area contributed by atoms with E-state index >= 15 is 0 Å². The van der Waals surface area contributed by atoms with Crippen LogP contribution in [0.1, 0.15) is 37.2 Å². The van der Waals surface area contributed by atoms with Crippen LogP contribution in [0.25, 0.3) is 0 Å². The zero-order valence-electron chi connectivity index (χ0n) is 12.6. The third-order valence-corrected chi connectivity index (χ3v) is 4.26. The number of hydrogen-bond donors (Lipinski definition) is 3. The van der Waals surface area contributed by atoms with Gasteiger partial charge >= 0.3 is 0 Å².